The molecule has 0 radical (unpaired) electrons. The molecule has 2 rings (SSSR count). The van der Waals surface area contributed by atoms with Crippen molar-refractivity contribution in [1.82, 2.24) is 9.97 Å². The van der Waals surface area contributed by atoms with Crippen LogP contribution in [0.4, 0.5) is 5.82 Å². The van der Waals surface area contributed by atoms with Crippen molar-refractivity contribution in [2.24, 2.45) is 0 Å². The van der Waals surface area contributed by atoms with Crippen LogP contribution < -0.4 is 5.32 Å². The smallest absolute Gasteiger partial charge is 0.137 e. The van der Waals surface area contributed by atoms with Gasteiger partial charge in [0.05, 0.1) is 6.54 Å². The van der Waals surface area contributed by atoms with Crippen molar-refractivity contribution in [3.05, 3.63) is 38.9 Å². The minimum atomic E-state index is -0.112. The summed E-state index contributed by atoms with van der Waals surface area (Å²) in [6.45, 7) is 9.19. The van der Waals surface area contributed by atoms with Gasteiger partial charge in [-0.1, -0.05) is 39.3 Å². The second-order valence-electron chi connectivity index (χ2n) is 5.73. The lowest BCUT2D eigenvalue weighted by atomic mass is 9.96. The van der Waals surface area contributed by atoms with Gasteiger partial charge in [-0.2, -0.15) is 0 Å². The zero-order valence-electron chi connectivity index (χ0n) is 12.3. The Balaban J connectivity index is 2.16. The molecule has 0 aliphatic carbocycles. The highest BCUT2D eigenvalue weighted by Gasteiger charge is 2.18. The van der Waals surface area contributed by atoms with E-state index in [1.807, 2.05) is 0 Å². The maximum absolute atomic E-state index is 6.09. The zero-order valence-corrected chi connectivity index (χ0v) is 13.9. The van der Waals surface area contributed by atoms with Crippen LogP contribution in [0.1, 0.15) is 44.0 Å². The number of hydrogen-bond acceptors (Lipinski definition) is 4. The minimum absolute atomic E-state index is 0.112. The molecule has 20 heavy (non-hydrogen) atoms. The summed E-state index contributed by atoms with van der Waals surface area (Å²) in [7, 11) is 0. The lowest BCUT2D eigenvalue weighted by molar-refractivity contribution is 0.546. The number of halogens is 1. The van der Waals surface area contributed by atoms with Crippen LogP contribution in [0.15, 0.2) is 17.5 Å². The number of anilines is 1. The highest BCUT2D eigenvalue weighted by atomic mass is 35.5. The van der Waals surface area contributed by atoms with E-state index >= 15 is 0 Å². The van der Waals surface area contributed by atoms with E-state index in [0.717, 1.165) is 24.6 Å². The Morgan fingerprint density at radius 1 is 1.30 bits per heavy atom. The van der Waals surface area contributed by atoms with Crippen molar-refractivity contribution in [1.29, 1.82) is 0 Å². The van der Waals surface area contributed by atoms with Gasteiger partial charge in [-0.3, -0.25) is 0 Å². The van der Waals surface area contributed by atoms with Crippen molar-refractivity contribution in [2.75, 3.05) is 5.32 Å². The molecule has 2 aromatic rings. The quantitative estimate of drug-likeness (QED) is 0.834. The molecule has 0 saturated carbocycles. The summed E-state index contributed by atoms with van der Waals surface area (Å²) in [4.78, 5) is 10.2. The molecule has 1 N–H and O–H groups in total. The van der Waals surface area contributed by atoms with E-state index < -0.39 is 0 Å². The van der Waals surface area contributed by atoms with Gasteiger partial charge in [-0.05, 0) is 23.4 Å². The van der Waals surface area contributed by atoms with E-state index in [4.69, 9.17) is 11.6 Å². The first-order chi connectivity index (χ1) is 9.40. The van der Waals surface area contributed by atoms with Gasteiger partial charge in [-0.25, -0.2) is 9.97 Å². The first-order valence-corrected chi connectivity index (χ1v) is 8.00. The zero-order chi connectivity index (χ0) is 14.8. The van der Waals surface area contributed by atoms with Crippen molar-refractivity contribution < 1.29 is 0 Å². The molecular formula is C15H20ClN3S. The van der Waals surface area contributed by atoms with E-state index in [0.29, 0.717) is 5.15 Å². The Bertz CT molecular complexity index is 587. The topological polar surface area (TPSA) is 37.8 Å². The average molecular weight is 310 g/mol. The Hall–Kier alpha value is -1.13. The van der Waals surface area contributed by atoms with Crippen molar-refractivity contribution in [2.45, 2.75) is 46.1 Å². The molecule has 5 heteroatoms. The maximum atomic E-state index is 6.09. The minimum Gasteiger partial charge on any atom is -0.365 e. The molecule has 3 nitrogen and oxygen atoms in total. The standard InChI is InChI=1S/C15H20ClN3S/c1-5-10-6-7-20-11(10)9-17-13-8-12(16)18-14(19-13)15(2,3)4/h6-8H,5,9H2,1-4H3,(H,17,18,19). The lowest BCUT2D eigenvalue weighted by Gasteiger charge is -2.17. The summed E-state index contributed by atoms with van der Waals surface area (Å²) >= 11 is 7.86. The summed E-state index contributed by atoms with van der Waals surface area (Å²) in [6, 6.07) is 3.95. The molecule has 108 valence electrons. The molecular weight excluding hydrogens is 290 g/mol. The van der Waals surface area contributed by atoms with Crippen molar-refractivity contribution in [3.8, 4) is 0 Å². The molecule has 0 amide bonds. The van der Waals surface area contributed by atoms with Crippen LogP contribution in [-0.4, -0.2) is 9.97 Å². The summed E-state index contributed by atoms with van der Waals surface area (Å²) in [5.41, 5.74) is 1.28. The number of hydrogen-bond donors (Lipinski definition) is 1. The van der Waals surface area contributed by atoms with Crippen LogP contribution in [0.25, 0.3) is 0 Å². The van der Waals surface area contributed by atoms with Crippen LogP contribution in [0, 0.1) is 0 Å². The van der Waals surface area contributed by atoms with E-state index in [9.17, 15) is 0 Å². The molecule has 0 fully saturated rings. The highest BCUT2D eigenvalue weighted by molar-refractivity contribution is 7.10. The number of aryl methyl sites for hydroxylation is 1. The number of nitrogens with one attached hydrogen (secondary N) is 1. The van der Waals surface area contributed by atoms with E-state index in [-0.39, 0.29) is 5.41 Å². The second-order valence-corrected chi connectivity index (χ2v) is 7.11. The number of nitrogens with zero attached hydrogens (tertiary/aromatic N) is 2. The van der Waals surface area contributed by atoms with Crippen LogP contribution in [0.5, 0.6) is 0 Å². The fourth-order valence-corrected chi connectivity index (χ4v) is 2.95. The molecule has 0 aliphatic rings. The number of rotatable bonds is 4. The summed E-state index contributed by atoms with van der Waals surface area (Å²) in [6.07, 6.45) is 1.05. The van der Waals surface area contributed by atoms with Crippen molar-refractivity contribution in [3.63, 3.8) is 0 Å². The van der Waals surface area contributed by atoms with Gasteiger partial charge in [0.2, 0.25) is 0 Å². The largest absolute Gasteiger partial charge is 0.365 e. The molecule has 0 bridgehead atoms. The van der Waals surface area contributed by atoms with Gasteiger partial charge < -0.3 is 5.32 Å². The number of aromatic nitrogens is 2. The normalized spacial score (nSPS) is 11.7. The molecule has 0 saturated heterocycles. The molecule has 2 heterocycles. The first kappa shape index (κ1) is 15.3. The van der Waals surface area contributed by atoms with Crippen molar-refractivity contribution >= 4 is 28.8 Å². The predicted octanol–water partition coefficient (Wildman–Crippen LogP) is 4.66. The molecule has 0 aliphatic heterocycles. The second kappa shape index (κ2) is 6.10. The fourth-order valence-electron chi connectivity index (χ4n) is 1.85. The van der Waals surface area contributed by atoms with Gasteiger partial charge in [0, 0.05) is 16.4 Å². The predicted molar refractivity (Wildman–Crippen MR) is 86.8 cm³/mol. The first-order valence-electron chi connectivity index (χ1n) is 6.74. The van der Waals surface area contributed by atoms with E-state index in [2.05, 4.69) is 54.4 Å². The summed E-state index contributed by atoms with van der Waals surface area (Å²) < 4.78 is 0. The third-order valence-electron chi connectivity index (χ3n) is 3.01. The van der Waals surface area contributed by atoms with Gasteiger partial charge in [0.15, 0.2) is 0 Å². The Morgan fingerprint density at radius 3 is 2.70 bits per heavy atom. The van der Waals surface area contributed by atoms with E-state index in [1.54, 1.807) is 17.4 Å². The van der Waals surface area contributed by atoms with Gasteiger partial charge in [-0.15, -0.1) is 11.3 Å². The van der Waals surface area contributed by atoms with Crippen LogP contribution >= 0.6 is 22.9 Å². The molecule has 2 aromatic heterocycles. The fraction of sp³-hybridized carbons (Fsp3) is 0.467. The SMILES string of the molecule is CCc1ccsc1CNc1cc(Cl)nc(C(C)(C)C)n1. The third-order valence-corrected chi connectivity index (χ3v) is 4.17. The van der Waals surface area contributed by atoms with Gasteiger partial charge in [0.25, 0.3) is 0 Å². The third kappa shape index (κ3) is 3.70. The molecule has 0 aromatic carbocycles. The summed E-state index contributed by atoms with van der Waals surface area (Å²) in [5, 5.41) is 5.96. The van der Waals surface area contributed by atoms with Gasteiger partial charge in [0.1, 0.15) is 16.8 Å². The Labute approximate surface area is 129 Å². The molecule has 0 spiro atoms. The monoisotopic (exact) mass is 309 g/mol. The van der Waals surface area contributed by atoms with E-state index in [1.165, 1.54) is 10.4 Å². The Kier molecular flexibility index (Phi) is 4.66. The van der Waals surface area contributed by atoms with Gasteiger partial charge >= 0.3 is 0 Å². The van der Waals surface area contributed by atoms with Crippen LogP contribution in [0.2, 0.25) is 5.15 Å². The Morgan fingerprint density at radius 2 is 2.05 bits per heavy atom. The number of thiophene rings is 1. The summed E-state index contributed by atoms with van der Waals surface area (Å²) in [5.74, 6) is 1.54. The van der Waals surface area contributed by atoms with Crippen LogP contribution in [0.3, 0.4) is 0 Å². The lowest BCUT2D eigenvalue weighted by Crippen LogP contribution is -2.17. The maximum Gasteiger partial charge on any atom is 0.137 e. The van der Waals surface area contributed by atoms with Crippen LogP contribution in [-0.2, 0) is 18.4 Å². The molecule has 0 unspecified atom stereocenters. The highest BCUT2D eigenvalue weighted by Crippen LogP contribution is 2.23. The molecule has 0 atom stereocenters. The average Bonchev–Trinajstić information content (AvgIpc) is 2.82.